The van der Waals surface area contributed by atoms with E-state index < -0.39 is 0 Å². The predicted octanol–water partition coefficient (Wildman–Crippen LogP) is 4.10. The molecule has 2 aromatic rings. The number of carbonyl (C=O) groups excluding carboxylic acids is 1. The van der Waals surface area contributed by atoms with Gasteiger partial charge in [-0.15, -0.1) is 11.7 Å². The molecule has 5 nitrogen and oxygen atoms in total. The summed E-state index contributed by atoms with van der Waals surface area (Å²) >= 11 is 4.85. The fourth-order valence-electron chi connectivity index (χ4n) is 2.35. The summed E-state index contributed by atoms with van der Waals surface area (Å²) in [5, 5.41) is 8.59. The van der Waals surface area contributed by atoms with E-state index >= 15 is 0 Å². The highest BCUT2D eigenvalue weighted by Gasteiger charge is 2.37. The highest BCUT2D eigenvalue weighted by atomic mass is 79.9. The molecule has 0 saturated carbocycles. The number of amidine groups is 1. The van der Waals surface area contributed by atoms with Crippen LogP contribution in [0.3, 0.4) is 0 Å². The molecule has 0 spiro atoms. The van der Waals surface area contributed by atoms with Gasteiger partial charge in [0.15, 0.2) is 5.17 Å². The molecule has 0 aliphatic carbocycles. The van der Waals surface area contributed by atoms with E-state index in [0.29, 0.717) is 23.9 Å². The number of amides is 1. The van der Waals surface area contributed by atoms with Gasteiger partial charge in [-0.25, -0.2) is 0 Å². The van der Waals surface area contributed by atoms with Gasteiger partial charge in [0, 0.05) is 11.0 Å². The zero-order valence-electron chi connectivity index (χ0n) is 13.3. The number of rotatable bonds is 6. The van der Waals surface area contributed by atoms with Gasteiger partial charge in [0.05, 0.1) is 17.7 Å². The van der Waals surface area contributed by atoms with Crippen LogP contribution >= 0.6 is 27.7 Å². The average Bonchev–Trinajstić information content (AvgIpc) is 3.21. The highest BCUT2D eigenvalue weighted by molar-refractivity contribution is 9.10. The van der Waals surface area contributed by atoms with Crippen LogP contribution in [-0.2, 0) is 11.2 Å². The molecule has 1 fully saturated rings. The monoisotopic (exact) mass is 417 g/mol. The maximum absolute atomic E-state index is 12.7. The van der Waals surface area contributed by atoms with Crippen LogP contribution in [0.15, 0.2) is 74.4 Å². The van der Waals surface area contributed by atoms with Gasteiger partial charge in [-0.1, -0.05) is 45.9 Å². The second-order valence-corrected chi connectivity index (χ2v) is 7.40. The van der Waals surface area contributed by atoms with Gasteiger partial charge in [0.25, 0.3) is 0 Å². The van der Waals surface area contributed by atoms with Crippen molar-refractivity contribution in [3.05, 3.63) is 71.1 Å². The summed E-state index contributed by atoms with van der Waals surface area (Å²) in [5.74, 6) is 0.639. The third-order valence-corrected chi connectivity index (χ3v) is 5.23. The van der Waals surface area contributed by atoms with E-state index in [0.717, 1.165) is 10.0 Å². The van der Waals surface area contributed by atoms with Crippen LogP contribution in [0.2, 0.25) is 0 Å². The van der Waals surface area contributed by atoms with E-state index in [9.17, 15) is 4.79 Å². The molecular weight excluding hydrogens is 402 g/mol. The number of hydrogen-bond acceptors (Lipinski definition) is 5. The molecule has 1 atom stereocenters. The minimum Gasteiger partial charge on any atom is -0.463 e. The molecule has 7 heteroatoms. The summed E-state index contributed by atoms with van der Waals surface area (Å²) < 4.78 is 6.20. The number of hydrogen-bond donors (Lipinski definition) is 0. The van der Waals surface area contributed by atoms with Crippen LogP contribution in [0.25, 0.3) is 0 Å². The Labute approximate surface area is 158 Å². The number of nitrogens with zero attached hydrogens (tertiary/aromatic N) is 3. The maximum Gasteiger partial charge on any atom is 0.242 e. The SMILES string of the molecule is C=CCN1C(=O)[C@H](Cc2ccc(Br)cc2)S/C1=N/N=C/c1ccco1. The first-order chi connectivity index (χ1) is 12.2. The van der Waals surface area contributed by atoms with Gasteiger partial charge in [-0.05, 0) is 36.2 Å². The molecule has 0 bridgehead atoms. The quantitative estimate of drug-likeness (QED) is 0.403. The summed E-state index contributed by atoms with van der Waals surface area (Å²) in [6.07, 6.45) is 5.42. The second kappa shape index (κ2) is 8.31. The molecule has 1 saturated heterocycles. The Bertz CT molecular complexity index is 800. The molecule has 0 unspecified atom stereocenters. The topological polar surface area (TPSA) is 58.2 Å². The van der Waals surface area contributed by atoms with Crippen molar-refractivity contribution in [3.63, 3.8) is 0 Å². The summed E-state index contributed by atoms with van der Waals surface area (Å²) in [4.78, 5) is 14.3. The Morgan fingerprint density at radius 3 is 2.80 bits per heavy atom. The molecule has 1 aliphatic heterocycles. The lowest BCUT2D eigenvalue weighted by Crippen LogP contribution is -2.32. The van der Waals surface area contributed by atoms with Crippen molar-refractivity contribution in [2.75, 3.05) is 6.54 Å². The van der Waals surface area contributed by atoms with Crippen LogP contribution in [-0.4, -0.2) is 34.0 Å². The van der Waals surface area contributed by atoms with Crippen molar-refractivity contribution in [2.24, 2.45) is 10.2 Å². The molecule has 0 N–H and O–H groups in total. The van der Waals surface area contributed by atoms with Crippen LogP contribution in [0.1, 0.15) is 11.3 Å². The zero-order chi connectivity index (χ0) is 17.6. The summed E-state index contributed by atoms with van der Waals surface area (Å²) in [6, 6.07) is 11.5. The van der Waals surface area contributed by atoms with E-state index in [4.69, 9.17) is 4.42 Å². The Morgan fingerprint density at radius 2 is 2.12 bits per heavy atom. The molecule has 1 aromatic carbocycles. The van der Waals surface area contributed by atoms with Gasteiger partial charge in [-0.2, -0.15) is 5.10 Å². The number of halogens is 1. The van der Waals surface area contributed by atoms with E-state index in [1.807, 2.05) is 24.3 Å². The number of carbonyl (C=O) groups is 1. The number of furan rings is 1. The fraction of sp³-hybridized carbons (Fsp3) is 0.167. The van der Waals surface area contributed by atoms with Gasteiger partial charge in [0.1, 0.15) is 5.76 Å². The summed E-state index contributed by atoms with van der Waals surface area (Å²) in [7, 11) is 0. The Kier molecular flexibility index (Phi) is 5.88. The molecule has 1 aromatic heterocycles. The first kappa shape index (κ1) is 17.7. The van der Waals surface area contributed by atoms with Crippen molar-refractivity contribution in [2.45, 2.75) is 11.7 Å². The smallest absolute Gasteiger partial charge is 0.242 e. The Balaban J connectivity index is 1.74. The largest absolute Gasteiger partial charge is 0.463 e. The van der Waals surface area contributed by atoms with Crippen LogP contribution in [0.5, 0.6) is 0 Å². The maximum atomic E-state index is 12.7. The summed E-state index contributed by atoms with van der Waals surface area (Å²) in [5.41, 5.74) is 1.10. The molecule has 0 radical (unpaired) electrons. The van der Waals surface area contributed by atoms with Crippen molar-refractivity contribution in [1.29, 1.82) is 0 Å². The lowest BCUT2D eigenvalue weighted by atomic mass is 10.1. The molecule has 2 heterocycles. The van der Waals surface area contributed by atoms with E-state index in [-0.39, 0.29) is 11.2 Å². The molecule has 1 aliphatic rings. The van der Waals surface area contributed by atoms with Crippen LogP contribution < -0.4 is 0 Å². The predicted molar refractivity (Wildman–Crippen MR) is 105 cm³/mol. The lowest BCUT2D eigenvalue weighted by Gasteiger charge is -2.12. The second-order valence-electron chi connectivity index (χ2n) is 5.32. The van der Waals surface area contributed by atoms with E-state index in [1.54, 1.807) is 29.4 Å². The Morgan fingerprint density at radius 1 is 1.32 bits per heavy atom. The molecular formula is C18H16BrN3O2S. The average molecular weight is 418 g/mol. The van der Waals surface area contributed by atoms with Gasteiger partial charge in [-0.3, -0.25) is 9.69 Å². The lowest BCUT2D eigenvalue weighted by molar-refractivity contribution is -0.125. The van der Waals surface area contributed by atoms with Crippen molar-refractivity contribution in [3.8, 4) is 0 Å². The standard InChI is InChI=1S/C18H16BrN3O2S/c1-2-9-22-17(23)16(11-13-5-7-14(19)8-6-13)25-18(22)21-20-12-15-4-3-10-24-15/h2-8,10,12,16H,1,9,11H2/b20-12+,21-18+/t16-/m0/s1. The highest BCUT2D eigenvalue weighted by Crippen LogP contribution is 2.30. The van der Waals surface area contributed by atoms with Crippen LogP contribution in [0.4, 0.5) is 0 Å². The van der Waals surface area contributed by atoms with Crippen molar-refractivity contribution in [1.82, 2.24) is 4.90 Å². The Hall–Kier alpha value is -2.12. The zero-order valence-corrected chi connectivity index (χ0v) is 15.7. The molecule has 1 amide bonds. The number of thioether (sulfide) groups is 1. The first-order valence-electron chi connectivity index (χ1n) is 7.65. The fourth-order valence-corrected chi connectivity index (χ4v) is 3.76. The third-order valence-electron chi connectivity index (χ3n) is 3.54. The van der Waals surface area contributed by atoms with Crippen LogP contribution in [0, 0.1) is 0 Å². The molecule has 25 heavy (non-hydrogen) atoms. The van der Waals surface area contributed by atoms with Crippen molar-refractivity contribution >= 4 is 45.0 Å². The normalized spacial score (nSPS) is 19.2. The molecule has 3 rings (SSSR count). The van der Waals surface area contributed by atoms with Gasteiger partial charge in [0.2, 0.25) is 5.91 Å². The third kappa shape index (κ3) is 4.49. The first-order valence-corrected chi connectivity index (χ1v) is 9.32. The minimum atomic E-state index is -0.210. The number of benzene rings is 1. The summed E-state index contributed by atoms with van der Waals surface area (Å²) in [6.45, 7) is 4.13. The van der Waals surface area contributed by atoms with Gasteiger partial charge >= 0.3 is 0 Å². The van der Waals surface area contributed by atoms with Gasteiger partial charge < -0.3 is 4.42 Å². The molecule has 128 valence electrons. The van der Waals surface area contributed by atoms with Crippen molar-refractivity contribution < 1.29 is 9.21 Å². The minimum absolute atomic E-state index is 0.0276. The van der Waals surface area contributed by atoms with E-state index in [1.165, 1.54) is 18.0 Å². The van der Waals surface area contributed by atoms with E-state index in [2.05, 4.69) is 32.7 Å².